The molecule has 1 fully saturated rings. The number of hydrogen-bond acceptors (Lipinski definition) is 5. The molecular weight excluding hydrogens is 298 g/mol. The van der Waals surface area contributed by atoms with Crippen molar-refractivity contribution in [1.82, 2.24) is 14.6 Å². The molecule has 1 aliphatic rings. The Hall–Kier alpha value is -1.18. The van der Waals surface area contributed by atoms with Gasteiger partial charge < -0.3 is 15.4 Å². The Bertz CT molecular complexity index is 557. The molecule has 0 aliphatic carbocycles. The number of nitrogens with zero attached hydrogens (tertiary/aromatic N) is 4. The minimum atomic E-state index is 0.0637. The highest BCUT2D eigenvalue weighted by atomic mass is 79.9. The maximum absolute atomic E-state index is 5.64. The Morgan fingerprint density at radius 3 is 3.22 bits per heavy atom. The molecule has 0 radical (unpaired) electrons. The average Bonchev–Trinajstić information content (AvgIpc) is 2.84. The first-order chi connectivity index (χ1) is 8.78. The van der Waals surface area contributed by atoms with Crippen LogP contribution in [0.2, 0.25) is 0 Å². The summed E-state index contributed by atoms with van der Waals surface area (Å²) < 4.78 is 8.25. The molecule has 3 heterocycles. The van der Waals surface area contributed by atoms with Crippen LogP contribution in [0.3, 0.4) is 0 Å². The summed E-state index contributed by atoms with van der Waals surface area (Å²) in [6.07, 6.45) is 1.95. The average molecular weight is 312 g/mol. The summed E-state index contributed by atoms with van der Waals surface area (Å²) in [6, 6.07) is 3.88. The van der Waals surface area contributed by atoms with E-state index in [0.717, 1.165) is 29.2 Å². The van der Waals surface area contributed by atoms with E-state index in [1.54, 1.807) is 4.52 Å². The van der Waals surface area contributed by atoms with E-state index in [1.807, 2.05) is 18.3 Å². The molecule has 96 valence electrons. The molecule has 0 aromatic carbocycles. The predicted octanol–water partition coefficient (Wildman–Crippen LogP) is 0.656. The first kappa shape index (κ1) is 11.9. The van der Waals surface area contributed by atoms with Crippen LogP contribution in [-0.4, -0.2) is 46.9 Å². The molecule has 2 aromatic heterocycles. The third-order valence-corrected chi connectivity index (χ3v) is 3.61. The van der Waals surface area contributed by atoms with Gasteiger partial charge in [-0.05, 0) is 28.1 Å². The lowest BCUT2D eigenvalue weighted by Gasteiger charge is -2.31. The van der Waals surface area contributed by atoms with E-state index in [4.69, 9.17) is 10.5 Å². The van der Waals surface area contributed by atoms with Gasteiger partial charge in [-0.25, -0.2) is 4.52 Å². The molecule has 1 saturated heterocycles. The van der Waals surface area contributed by atoms with Gasteiger partial charge in [-0.15, -0.1) is 5.10 Å². The highest BCUT2D eigenvalue weighted by Gasteiger charge is 2.22. The van der Waals surface area contributed by atoms with Crippen molar-refractivity contribution < 1.29 is 4.74 Å². The maximum atomic E-state index is 5.64. The van der Waals surface area contributed by atoms with Crippen molar-refractivity contribution in [2.24, 2.45) is 5.73 Å². The van der Waals surface area contributed by atoms with Gasteiger partial charge in [0.1, 0.15) is 0 Å². The van der Waals surface area contributed by atoms with E-state index in [9.17, 15) is 0 Å². The van der Waals surface area contributed by atoms with Crippen LogP contribution in [0.4, 0.5) is 5.95 Å². The molecule has 2 N–H and O–H groups in total. The standard InChI is InChI=1S/C11H14BrN5O/c12-9-2-1-3-17-10(9)14-11(15-17)16-4-5-18-8(6-13)7-16/h1-3,8H,4-7,13H2. The Balaban J connectivity index is 1.92. The summed E-state index contributed by atoms with van der Waals surface area (Å²) in [5.41, 5.74) is 6.46. The molecular formula is C11H14BrN5O. The number of morpholine rings is 1. The number of hydrogen-bond donors (Lipinski definition) is 1. The second-order valence-corrected chi connectivity index (χ2v) is 5.06. The number of anilines is 1. The normalized spacial score (nSPS) is 20.6. The van der Waals surface area contributed by atoms with E-state index in [-0.39, 0.29) is 6.10 Å². The van der Waals surface area contributed by atoms with E-state index in [0.29, 0.717) is 13.2 Å². The van der Waals surface area contributed by atoms with Crippen LogP contribution in [0.5, 0.6) is 0 Å². The van der Waals surface area contributed by atoms with Gasteiger partial charge in [0.25, 0.3) is 0 Å². The van der Waals surface area contributed by atoms with Crippen molar-refractivity contribution in [2.75, 3.05) is 31.1 Å². The van der Waals surface area contributed by atoms with Gasteiger partial charge in [0.15, 0.2) is 5.65 Å². The van der Waals surface area contributed by atoms with Crippen molar-refractivity contribution >= 4 is 27.5 Å². The van der Waals surface area contributed by atoms with Crippen LogP contribution < -0.4 is 10.6 Å². The quantitative estimate of drug-likeness (QED) is 0.882. The fourth-order valence-electron chi connectivity index (χ4n) is 2.04. The van der Waals surface area contributed by atoms with Crippen molar-refractivity contribution in [3.63, 3.8) is 0 Å². The first-order valence-corrected chi connectivity index (χ1v) is 6.65. The van der Waals surface area contributed by atoms with Gasteiger partial charge >= 0.3 is 0 Å². The summed E-state index contributed by atoms with van der Waals surface area (Å²) in [6.45, 7) is 2.72. The fourth-order valence-corrected chi connectivity index (χ4v) is 2.46. The number of ether oxygens (including phenoxy) is 1. The number of halogens is 1. The van der Waals surface area contributed by atoms with Crippen LogP contribution in [0.1, 0.15) is 0 Å². The lowest BCUT2D eigenvalue weighted by molar-refractivity contribution is 0.0460. The fraction of sp³-hybridized carbons (Fsp3) is 0.455. The number of rotatable bonds is 2. The Morgan fingerprint density at radius 1 is 1.56 bits per heavy atom. The molecule has 7 heteroatoms. The van der Waals surface area contributed by atoms with Gasteiger partial charge in [-0.1, -0.05) is 0 Å². The van der Waals surface area contributed by atoms with Gasteiger partial charge in [0.05, 0.1) is 17.2 Å². The monoisotopic (exact) mass is 311 g/mol. The van der Waals surface area contributed by atoms with Crippen LogP contribution in [0.15, 0.2) is 22.8 Å². The lowest BCUT2D eigenvalue weighted by atomic mass is 10.3. The Labute approximate surface area is 113 Å². The molecule has 0 amide bonds. The predicted molar refractivity (Wildman–Crippen MR) is 71.7 cm³/mol. The van der Waals surface area contributed by atoms with Gasteiger partial charge in [-0.3, -0.25) is 0 Å². The number of aromatic nitrogens is 3. The largest absolute Gasteiger partial charge is 0.373 e. The Morgan fingerprint density at radius 2 is 2.44 bits per heavy atom. The minimum absolute atomic E-state index is 0.0637. The molecule has 2 aromatic rings. The SMILES string of the molecule is NCC1CN(c2nc3c(Br)cccn3n2)CCO1. The first-order valence-electron chi connectivity index (χ1n) is 5.85. The lowest BCUT2D eigenvalue weighted by Crippen LogP contribution is -2.46. The second-order valence-electron chi connectivity index (χ2n) is 4.21. The summed E-state index contributed by atoms with van der Waals surface area (Å²) in [7, 11) is 0. The topological polar surface area (TPSA) is 68.7 Å². The highest BCUT2D eigenvalue weighted by Crippen LogP contribution is 2.19. The van der Waals surface area contributed by atoms with E-state index in [1.165, 1.54) is 0 Å². The van der Waals surface area contributed by atoms with Crippen molar-refractivity contribution in [2.45, 2.75) is 6.10 Å². The zero-order valence-electron chi connectivity index (χ0n) is 9.79. The van der Waals surface area contributed by atoms with Gasteiger partial charge in [0.2, 0.25) is 5.95 Å². The molecule has 0 spiro atoms. The number of fused-ring (bicyclic) bond motifs is 1. The van der Waals surface area contributed by atoms with Gasteiger partial charge in [-0.2, -0.15) is 4.98 Å². The summed E-state index contributed by atoms with van der Waals surface area (Å²) in [5.74, 6) is 0.726. The van der Waals surface area contributed by atoms with Crippen molar-refractivity contribution in [3.8, 4) is 0 Å². The van der Waals surface area contributed by atoms with Crippen LogP contribution in [0, 0.1) is 0 Å². The summed E-state index contributed by atoms with van der Waals surface area (Å²) in [4.78, 5) is 6.65. The molecule has 18 heavy (non-hydrogen) atoms. The van der Waals surface area contributed by atoms with Crippen molar-refractivity contribution in [1.29, 1.82) is 0 Å². The minimum Gasteiger partial charge on any atom is -0.373 e. The number of nitrogens with two attached hydrogens (primary N) is 1. The number of pyridine rings is 1. The molecule has 1 unspecified atom stereocenters. The summed E-state index contributed by atoms with van der Waals surface area (Å²) >= 11 is 3.47. The highest BCUT2D eigenvalue weighted by molar-refractivity contribution is 9.10. The van der Waals surface area contributed by atoms with Gasteiger partial charge in [0, 0.05) is 25.8 Å². The van der Waals surface area contributed by atoms with Crippen LogP contribution in [0.25, 0.3) is 5.65 Å². The third kappa shape index (κ3) is 2.09. The molecule has 6 nitrogen and oxygen atoms in total. The van der Waals surface area contributed by atoms with E-state index >= 15 is 0 Å². The van der Waals surface area contributed by atoms with E-state index in [2.05, 4.69) is 30.9 Å². The zero-order chi connectivity index (χ0) is 12.5. The zero-order valence-corrected chi connectivity index (χ0v) is 11.4. The molecule has 1 atom stereocenters. The Kier molecular flexibility index (Phi) is 3.19. The van der Waals surface area contributed by atoms with Crippen LogP contribution >= 0.6 is 15.9 Å². The molecule has 0 bridgehead atoms. The third-order valence-electron chi connectivity index (χ3n) is 2.99. The second kappa shape index (κ2) is 4.83. The maximum Gasteiger partial charge on any atom is 0.245 e. The molecule has 1 aliphatic heterocycles. The van der Waals surface area contributed by atoms with E-state index < -0.39 is 0 Å². The van der Waals surface area contributed by atoms with Crippen LogP contribution in [-0.2, 0) is 4.74 Å². The molecule has 0 saturated carbocycles. The smallest absolute Gasteiger partial charge is 0.245 e. The van der Waals surface area contributed by atoms with Crippen molar-refractivity contribution in [3.05, 3.63) is 22.8 Å². The summed E-state index contributed by atoms with van der Waals surface area (Å²) in [5, 5.41) is 4.47. The molecule has 3 rings (SSSR count).